The van der Waals surface area contributed by atoms with Crippen molar-refractivity contribution in [3.05, 3.63) is 51.8 Å². The second kappa shape index (κ2) is 9.80. The summed E-state index contributed by atoms with van der Waals surface area (Å²) in [6.45, 7) is 3.65. The zero-order valence-electron chi connectivity index (χ0n) is 18.6. The van der Waals surface area contributed by atoms with Crippen LogP contribution in [-0.2, 0) is 16.0 Å². The summed E-state index contributed by atoms with van der Waals surface area (Å²) in [6.07, 6.45) is 1.95. The van der Waals surface area contributed by atoms with E-state index in [0.29, 0.717) is 27.9 Å². The summed E-state index contributed by atoms with van der Waals surface area (Å²) in [5.74, 6) is 0.344. The molecule has 2 aromatic carbocycles. The maximum atomic E-state index is 13.1. The Morgan fingerprint density at radius 3 is 2.91 bits per heavy atom. The van der Waals surface area contributed by atoms with E-state index in [1.807, 2.05) is 23.6 Å². The highest BCUT2D eigenvalue weighted by Gasteiger charge is 2.34. The quantitative estimate of drug-likeness (QED) is 0.499. The number of nitrogens with one attached hydrogen (secondary N) is 1. The van der Waals surface area contributed by atoms with E-state index in [2.05, 4.69) is 12.2 Å². The summed E-state index contributed by atoms with van der Waals surface area (Å²) in [6, 6.07) is 9.73. The van der Waals surface area contributed by atoms with E-state index < -0.39 is 6.04 Å². The molecule has 2 amide bonds. The summed E-state index contributed by atoms with van der Waals surface area (Å²) >= 11 is 7.69. The van der Waals surface area contributed by atoms with E-state index in [-0.39, 0.29) is 18.4 Å². The first-order chi connectivity index (χ1) is 15.9. The summed E-state index contributed by atoms with van der Waals surface area (Å²) in [5, 5.41) is 6.35. The van der Waals surface area contributed by atoms with Gasteiger partial charge in [-0.05, 0) is 56.2 Å². The van der Waals surface area contributed by atoms with Crippen molar-refractivity contribution in [3.63, 3.8) is 0 Å². The van der Waals surface area contributed by atoms with Gasteiger partial charge in [0.25, 0.3) is 5.91 Å². The van der Waals surface area contributed by atoms with Crippen LogP contribution in [0.5, 0.6) is 11.5 Å². The van der Waals surface area contributed by atoms with Gasteiger partial charge in [-0.1, -0.05) is 18.5 Å². The van der Waals surface area contributed by atoms with Crippen LogP contribution in [0.25, 0.3) is 11.3 Å². The zero-order chi connectivity index (χ0) is 23.5. The molecule has 9 heteroatoms. The van der Waals surface area contributed by atoms with Crippen LogP contribution in [0.4, 0.5) is 11.4 Å². The average Bonchev–Trinajstić information content (AvgIpc) is 3.27. The predicted octanol–water partition coefficient (Wildman–Crippen LogP) is 5.18. The Morgan fingerprint density at radius 1 is 1.33 bits per heavy atom. The number of hydrogen-bond acceptors (Lipinski definition) is 6. The Bertz CT molecular complexity index is 1200. The van der Waals surface area contributed by atoms with Crippen LogP contribution in [0.2, 0.25) is 5.02 Å². The first-order valence-electron chi connectivity index (χ1n) is 10.6. The molecule has 33 heavy (non-hydrogen) atoms. The third kappa shape index (κ3) is 4.82. The number of halogens is 1. The number of fused-ring (bicyclic) bond motifs is 1. The molecule has 4 rings (SSSR count). The monoisotopic (exact) mass is 485 g/mol. The minimum Gasteiger partial charge on any atom is -0.495 e. The molecule has 3 aromatic rings. The number of thiazole rings is 1. The van der Waals surface area contributed by atoms with Gasteiger partial charge >= 0.3 is 0 Å². The second-order valence-electron chi connectivity index (χ2n) is 7.62. The molecule has 1 aliphatic heterocycles. The Labute approximate surface area is 201 Å². The molecule has 0 bridgehead atoms. The number of carbonyl (C=O) groups excluding carboxylic acids is 2. The number of anilines is 2. The summed E-state index contributed by atoms with van der Waals surface area (Å²) < 4.78 is 10.9. The first kappa shape index (κ1) is 23.1. The van der Waals surface area contributed by atoms with Crippen LogP contribution in [0, 0.1) is 0 Å². The molecule has 2 heterocycles. The lowest BCUT2D eigenvalue weighted by Gasteiger charge is -2.33. The molecule has 7 nitrogen and oxygen atoms in total. The molecule has 1 N–H and O–H groups in total. The van der Waals surface area contributed by atoms with E-state index in [4.69, 9.17) is 26.1 Å². The van der Waals surface area contributed by atoms with Gasteiger partial charge in [-0.25, -0.2) is 4.98 Å². The van der Waals surface area contributed by atoms with Crippen molar-refractivity contribution >= 4 is 46.1 Å². The van der Waals surface area contributed by atoms with Crippen molar-refractivity contribution < 1.29 is 19.1 Å². The van der Waals surface area contributed by atoms with Gasteiger partial charge in [0.1, 0.15) is 17.5 Å². The normalized spacial score (nSPS) is 13.8. The number of ether oxygens (including phenoxy) is 2. The summed E-state index contributed by atoms with van der Waals surface area (Å²) in [5.41, 5.74) is 2.67. The van der Waals surface area contributed by atoms with Crippen LogP contribution in [0.3, 0.4) is 0 Å². The van der Waals surface area contributed by atoms with E-state index >= 15 is 0 Å². The minimum absolute atomic E-state index is 0.137. The van der Waals surface area contributed by atoms with Crippen LogP contribution >= 0.6 is 22.9 Å². The lowest BCUT2D eigenvalue weighted by Crippen LogP contribution is -2.49. The maximum Gasteiger partial charge on any atom is 0.265 e. The second-order valence-corrected chi connectivity index (χ2v) is 9.00. The average molecular weight is 486 g/mol. The van der Waals surface area contributed by atoms with Gasteiger partial charge in [-0.3, -0.25) is 14.5 Å². The third-order valence-corrected chi connectivity index (χ3v) is 6.48. The highest BCUT2D eigenvalue weighted by molar-refractivity contribution is 7.09. The topological polar surface area (TPSA) is 80.8 Å². The highest BCUT2D eigenvalue weighted by Crippen LogP contribution is 2.38. The lowest BCUT2D eigenvalue weighted by atomic mass is 10.1. The third-order valence-electron chi connectivity index (χ3n) is 5.34. The van der Waals surface area contributed by atoms with Gasteiger partial charge in [-0.15, -0.1) is 11.3 Å². The number of rotatable bonds is 7. The number of amides is 2. The van der Waals surface area contributed by atoms with E-state index in [9.17, 15) is 9.59 Å². The van der Waals surface area contributed by atoms with Gasteiger partial charge in [0.05, 0.1) is 29.2 Å². The van der Waals surface area contributed by atoms with E-state index in [0.717, 1.165) is 29.1 Å². The number of aryl methyl sites for hydroxylation is 1. The van der Waals surface area contributed by atoms with Gasteiger partial charge < -0.3 is 14.8 Å². The van der Waals surface area contributed by atoms with Crippen LogP contribution in [-0.4, -0.2) is 36.6 Å². The van der Waals surface area contributed by atoms with Crippen LogP contribution in [0.1, 0.15) is 25.3 Å². The number of hydrogen-bond donors (Lipinski definition) is 1. The number of carbonyl (C=O) groups is 2. The smallest absolute Gasteiger partial charge is 0.265 e. The maximum absolute atomic E-state index is 13.1. The number of benzene rings is 2. The SMILES string of the molecule is CCCc1nc(-c2ccc3c(c2)N(C(C)C(=O)Nc2cc(Cl)ccc2OC)C(=O)CO3)cs1. The fourth-order valence-electron chi connectivity index (χ4n) is 3.66. The lowest BCUT2D eigenvalue weighted by molar-refractivity contribution is -0.125. The Morgan fingerprint density at radius 2 is 2.15 bits per heavy atom. The van der Waals surface area contributed by atoms with Gasteiger partial charge in [0.15, 0.2) is 6.61 Å². The molecule has 172 valence electrons. The molecular weight excluding hydrogens is 462 g/mol. The molecule has 0 saturated heterocycles. The van der Waals surface area contributed by atoms with Crippen molar-refractivity contribution in [3.8, 4) is 22.8 Å². The summed E-state index contributed by atoms with van der Waals surface area (Å²) in [4.78, 5) is 32.1. The molecular formula is C24H24ClN3O4S. The summed E-state index contributed by atoms with van der Waals surface area (Å²) in [7, 11) is 1.51. The fourth-order valence-corrected chi connectivity index (χ4v) is 4.74. The van der Waals surface area contributed by atoms with Crippen molar-refractivity contribution in [2.45, 2.75) is 32.7 Å². The molecule has 1 atom stereocenters. The van der Waals surface area contributed by atoms with Gasteiger partial charge in [0.2, 0.25) is 5.91 Å². The molecule has 0 fully saturated rings. The van der Waals surface area contributed by atoms with Crippen molar-refractivity contribution in [2.75, 3.05) is 23.9 Å². The Kier molecular flexibility index (Phi) is 6.85. The number of methoxy groups -OCH3 is 1. The molecule has 0 spiro atoms. The minimum atomic E-state index is -0.801. The molecule has 1 aliphatic rings. The van der Waals surface area contributed by atoms with Gasteiger partial charge in [0, 0.05) is 16.0 Å². The molecule has 0 aliphatic carbocycles. The standard InChI is InChI=1S/C24H24ClN3O4S/c1-4-5-22-26-18(13-33-22)15-6-8-21-19(10-15)28(23(29)12-32-21)14(2)24(30)27-17-11-16(25)7-9-20(17)31-3/h6-11,13-14H,4-5,12H2,1-3H3,(H,27,30). The van der Waals surface area contributed by atoms with E-state index in [1.165, 1.54) is 12.0 Å². The van der Waals surface area contributed by atoms with Crippen LogP contribution < -0.4 is 19.7 Å². The first-order valence-corrected chi connectivity index (χ1v) is 11.8. The molecule has 1 aromatic heterocycles. The van der Waals surface area contributed by atoms with Gasteiger partial charge in [-0.2, -0.15) is 0 Å². The largest absolute Gasteiger partial charge is 0.495 e. The number of nitrogens with zero attached hydrogens (tertiary/aromatic N) is 2. The molecule has 1 unspecified atom stereocenters. The Balaban J connectivity index is 1.63. The van der Waals surface area contributed by atoms with Crippen molar-refractivity contribution in [2.24, 2.45) is 0 Å². The Hall–Kier alpha value is -3.10. The van der Waals surface area contributed by atoms with Crippen molar-refractivity contribution in [1.29, 1.82) is 0 Å². The molecule has 0 saturated carbocycles. The number of aromatic nitrogens is 1. The van der Waals surface area contributed by atoms with Crippen molar-refractivity contribution in [1.82, 2.24) is 4.98 Å². The van der Waals surface area contributed by atoms with E-state index in [1.54, 1.807) is 36.5 Å². The van der Waals surface area contributed by atoms with Crippen LogP contribution in [0.15, 0.2) is 41.8 Å². The predicted molar refractivity (Wildman–Crippen MR) is 131 cm³/mol. The zero-order valence-corrected chi connectivity index (χ0v) is 20.1. The highest BCUT2D eigenvalue weighted by atomic mass is 35.5. The fraction of sp³-hybridized carbons (Fsp3) is 0.292. The molecule has 0 radical (unpaired) electrons.